The van der Waals surface area contributed by atoms with Gasteiger partial charge in [-0.1, -0.05) is 19.9 Å². The van der Waals surface area contributed by atoms with Crippen molar-refractivity contribution in [2.24, 2.45) is 5.92 Å². The van der Waals surface area contributed by atoms with Crippen LogP contribution in [-0.2, 0) is 14.6 Å². The zero-order valence-electron chi connectivity index (χ0n) is 14.3. The molecule has 2 rings (SSSR count). The van der Waals surface area contributed by atoms with E-state index in [0.29, 0.717) is 13.0 Å². The molecule has 0 aromatic heterocycles. The molecule has 8 nitrogen and oxygen atoms in total. The Morgan fingerprint density at radius 3 is 2.72 bits per heavy atom. The van der Waals surface area contributed by atoms with Gasteiger partial charge in [0.2, 0.25) is 0 Å². The van der Waals surface area contributed by atoms with E-state index in [-0.39, 0.29) is 47.4 Å². The van der Waals surface area contributed by atoms with Gasteiger partial charge in [0.1, 0.15) is 5.75 Å². The summed E-state index contributed by atoms with van der Waals surface area (Å²) in [4.78, 5) is 24.3. The van der Waals surface area contributed by atoms with Gasteiger partial charge in [-0.3, -0.25) is 14.9 Å². The van der Waals surface area contributed by atoms with Gasteiger partial charge in [0.05, 0.1) is 22.5 Å². The first-order valence-electron chi connectivity index (χ1n) is 8.05. The maximum atomic E-state index is 12.5. The van der Waals surface area contributed by atoms with Crippen molar-refractivity contribution in [2.75, 3.05) is 24.7 Å². The van der Waals surface area contributed by atoms with Gasteiger partial charge in [-0.25, -0.2) is 8.42 Å². The Labute approximate surface area is 146 Å². The molecule has 0 spiro atoms. The van der Waals surface area contributed by atoms with E-state index >= 15 is 0 Å². The molecule has 9 heteroatoms. The smallest absolute Gasteiger partial charge is 0.273 e. The van der Waals surface area contributed by atoms with E-state index in [1.165, 1.54) is 24.3 Å². The number of carbonyl (C=O) groups excluding carboxylic acids is 1. The minimum atomic E-state index is -3.10. The molecule has 0 saturated carbocycles. The largest absolute Gasteiger partial charge is 0.484 e. The summed E-state index contributed by atoms with van der Waals surface area (Å²) in [6, 6.07) is 5.26. The van der Waals surface area contributed by atoms with Crippen LogP contribution in [0.2, 0.25) is 0 Å². The van der Waals surface area contributed by atoms with Crippen molar-refractivity contribution in [3.05, 3.63) is 34.4 Å². The minimum absolute atomic E-state index is 0.0255. The van der Waals surface area contributed by atoms with Crippen molar-refractivity contribution in [1.82, 2.24) is 4.90 Å². The Balaban J connectivity index is 2.04. The van der Waals surface area contributed by atoms with Crippen molar-refractivity contribution in [3.63, 3.8) is 0 Å². The normalized spacial score (nSPS) is 18.9. The molecule has 1 aliphatic rings. The summed E-state index contributed by atoms with van der Waals surface area (Å²) in [7, 11) is -3.10. The first-order valence-corrected chi connectivity index (χ1v) is 9.87. The van der Waals surface area contributed by atoms with E-state index in [0.717, 1.165) is 0 Å². The molecule has 1 atom stereocenters. The Morgan fingerprint density at radius 1 is 1.44 bits per heavy atom. The number of carbonyl (C=O) groups is 1. The van der Waals surface area contributed by atoms with Gasteiger partial charge < -0.3 is 9.64 Å². The molecule has 0 aliphatic carbocycles. The second kappa shape index (κ2) is 7.81. The maximum Gasteiger partial charge on any atom is 0.273 e. The van der Waals surface area contributed by atoms with E-state index in [1.54, 1.807) is 4.90 Å². The minimum Gasteiger partial charge on any atom is -0.484 e. The molecule has 1 saturated heterocycles. The monoisotopic (exact) mass is 370 g/mol. The average molecular weight is 370 g/mol. The molecule has 1 amide bonds. The third-order valence-electron chi connectivity index (χ3n) is 3.92. The summed E-state index contributed by atoms with van der Waals surface area (Å²) >= 11 is 0. The zero-order chi connectivity index (χ0) is 18.6. The van der Waals surface area contributed by atoms with Crippen LogP contribution < -0.4 is 4.74 Å². The lowest BCUT2D eigenvalue weighted by Crippen LogP contribution is -2.45. The summed E-state index contributed by atoms with van der Waals surface area (Å²) in [6.07, 6.45) is 0.428. The number of nitrogens with zero attached hydrogens (tertiary/aromatic N) is 2. The molecule has 1 aliphatic heterocycles. The molecular weight excluding hydrogens is 348 g/mol. The number of sulfone groups is 1. The van der Waals surface area contributed by atoms with Crippen LogP contribution in [0, 0.1) is 16.0 Å². The van der Waals surface area contributed by atoms with Gasteiger partial charge in [0.25, 0.3) is 11.6 Å². The molecule has 138 valence electrons. The average Bonchev–Trinajstić information content (AvgIpc) is 2.90. The number of rotatable bonds is 7. The Morgan fingerprint density at radius 2 is 2.16 bits per heavy atom. The zero-order valence-corrected chi connectivity index (χ0v) is 15.1. The van der Waals surface area contributed by atoms with Gasteiger partial charge >= 0.3 is 0 Å². The van der Waals surface area contributed by atoms with Crippen LogP contribution in [0.3, 0.4) is 0 Å². The predicted octanol–water partition coefficient (Wildman–Crippen LogP) is 1.65. The van der Waals surface area contributed by atoms with Gasteiger partial charge in [0.15, 0.2) is 16.4 Å². The van der Waals surface area contributed by atoms with Gasteiger partial charge in [-0.2, -0.15) is 0 Å². The molecule has 1 aromatic rings. The Kier molecular flexibility index (Phi) is 5.99. The Bertz CT molecular complexity index is 747. The van der Waals surface area contributed by atoms with E-state index in [1.807, 2.05) is 13.8 Å². The SMILES string of the molecule is CC(C)CN(C(=O)COc1cccc([N+](=O)[O-])c1)[C@H]1CCS(=O)(=O)C1. The van der Waals surface area contributed by atoms with Crippen LogP contribution in [0.1, 0.15) is 20.3 Å². The lowest BCUT2D eigenvalue weighted by atomic mass is 10.1. The van der Waals surface area contributed by atoms with E-state index in [9.17, 15) is 23.3 Å². The highest BCUT2D eigenvalue weighted by Crippen LogP contribution is 2.21. The number of amides is 1. The molecule has 1 heterocycles. The van der Waals surface area contributed by atoms with Gasteiger partial charge in [0, 0.05) is 18.7 Å². The summed E-state index contributed by atoms with van der Waals surface area (Å²) in [5, 5.41) is 10.8. The molecule has 1 aromatic carbocycles. The van der Waals surface area contributed by atoms with E-state index < -0.39 is 14.8 Å². The molecule has 0 radical (unpaired) electrons. The van der Waals surface area contributed by atoms with Gasteiger partial charge in [-0.15, -0.1) is 0 Å². The van der Waals surface area contributed by atoms with Crippen LogP contribution >= 0.6 is 0 Å². The van der Waals surface area contributed by atoms with Crippen molar-refractivity contribution < 1.29 is 22.9 Å². The molecule has 0 unspecified atom stereocenters. The number of benzene rings is 1. The summed E-state index contributed by atoms with van der Waals surface area (Å²) in [5.41, 5.74) is -0.120. The van der Waals surface area contributed by atoms with Crippen molar-refractivity contribution in [1.29, 1.82) is 0 Å². The number of nitro benzene ring substituents is 1. The van der Waals surface area contributed by atoms with E-state index in [2.05, 4.69) is 0 Å². The molecule has 0 N–H and O–H groups in total. The van der Waals surface area contributed by atoms with Crippen molar-refractivity contribution in [2.45, 2.75) is 26.3 Å². The quantitative estimate of drug-likeness (QED) is 0.533. The highest BCUT2D eigenvalue weighted by Gasteiger charge is 2.34. The van der Waals surface area contributed by atoms with Crippen LogP contribution in [0.15, 0.2) is 24.3 Å². The fraction of sp³-hybridized carbons (Fsp3) is 0.562. The standard InChI is InChI=1S/C16H22N2O6S/c1-12(2)9-17(14-6-7-25(22,23)11-14)16(19)10-24-15-5-3-4-13(8-15)18(20)21/h3-5,8,12,14H,6-7,9-11H2,1-2H3/t14-/m0/s1. The topological polar surface area (TPSA) is 107 Å². The lowest BCUT2D eigenvalue weighted by Gasteiger charge is -2.29. The number of hydrogen-bond acceptors (Lipinski definition) is 6. The fourth-order valence-electron chi connectivity index (χ4n) is 2.78. The molecule has 25 heavy (non-hydrogen) atoms. The fourth-order valence-corrected chi connectivity index (χ4v) is 4.51. The number of ether oxygens (including phenoxy) is 1. The third kappa shape index (κ3) is 5.42. The third-order valence-corrected chi connectivity index (χ3v) is 5.67. The second-order valence-electron chi connectivity index (χ2n) is 6.54. The van der Waals surface area contributed by atoms with Crippen molar-refractivity contribution >= 4 is 21.4 Å². The summed E-state index contributed by atoms with van der Waals surface area (Å²) in [6.45, 7) is 4.05. The Hall–Kier alpha value is -2.16. The molecule has 0 bridgehead atoms. The molecular formula is C16H22N2O6S. The van der Waals surface area contributed by atoms with Crippen LogP contribution in [0.5, 0.6) is 5.75 Å². The highest BCUT2D eigenvalue weighted by molar-refractivity contribution is 7.91. The van der Waals surface area contributed by atoms with Crippen LogP contribution in [0.25, 0.3) is 0 Å². The van der Waals surface area contributed by atoms with Crippen LogP contribution in [-0.4, -0.2) is 54.8 Å². The van der Waals surface area contributed by atoms with Gasteiger partial charge in [-0.05, 0) is 18.4 Å². The summed E-state index contributed by atoms with van der Waals surface area (Å²) < 4.78 is 28.8. The summed E-state index contributed by atoms with van der Waals surface area (Å²) in [5.74, 6) is 0.159. The molecule has 1 fully saturated rings. The van der Waals surface area contributed by atoms with Crippen LogP contribution in [0.4, 0.5) is 5.69 Å². The van der Waals surface area contributed by atoms with Crippen molar-refractivity contribution in [3.8, 4) is 5.75 Å². The number of non-ortho nitro benzene ring substituents is 1. The first-order chi connectivity index (χ1) is 11.7. The van der Waals surface area contributed by atoms with E-state index in [4.69, 9.17) is 4.74 Å². The number of hydrogen-bond donors (Lipinski definition) is 0. The predicted molar refractivity (Wildman–Crippen MR) is 92.2 cm³/mol. The highest BCUT2D eigenvalue weighted by atomic mass is 32.2. The maximum absolute atomic E-state index is 12.5. The second-order valence-corrected chi connectivity index (χ2v) is 8.77. The number of nitro groups is 1. The first kappa shape index (κ1) is 19.2. The lowest BCUT2D eigenvalue weighted by molar-refractivity contribution is -0.384.